The fourth-order valence-corrected chi connectivity index (χ4v) is 6.46. The Kier molecular flexibility index (Phi) is 7.09. The van der Waals surface area contributed by atoms with Crippen LogP contribution in [0.15, 0.2) is 24.3 Å². The van der Waals surface area contributed by atoms with Crippen molar-refractivity contribution in [2.24, 2.45) is 0 Å². The molecule has 8 nitrogen and oxygen atoms in total. The number of aromatic nitrogens is 3. The normalized spacial score (nSPS) is 20.6. The average molecular weight is 596 g/mol. The molecule has 2 unspecified atom stereocenters. The lowest BCUT2D eigenvalue weighted by Gasteiger charge is -2.35. The van der Waals surface area contributed by atoms with Crippen molar-refractivity contribution in [2.45, 2.75) is 31.1 Å². The van der Waals surface area contributed by atoms with Gasteiger partial charge in [0.25, 0.3) is 0 Å². The number of para-hydroxylation sites is 1. The molecule has 6 rings (SSSR count). The highest BCUT2D eigenvalue weighted by molar-refractivity contribution is 7.22. The average Bonchev–Trinajstić information content (AvgIpc) is 3.51. The number of anilines is 2. The summed E-state index contributed by atoms with van der Waals surface area (Å²) in [6, 6.07) is 5.03. The lowest BCUT2D eigenvalue weighted by atomic mass is 10.0. The van der Waals surface area contributed by atoms with E-state index in [0.29, 0.717) is 16.2 Å². The first-order chi connectivity index (χ1) is 19.1. The molecule has 2 saturated heterocycles. The van der Waals surface area contributed by atoms with Crippen LogP contribution in [0.1, 0.15) is 12.8 Å². The van der Waals surface area contributed by atoms with E-state index >= 15 is 4.39 Å². The predicted molar refractivity (Wildman–Crippen MR) is 149 cm³/mol. The molecule has 0 aliphatic carbocycles. The molecule has 0 spiro atoms. The number of benzene rings is 2. The first kappa shape index (κ1) is 27.2. The highest BCUT2D eigenvalue weighted by atomic mass is 35.5. The number of piperazine rings is 1. The maximum Gasteiger partial charge on any atom is 0.405 e. The van der Waals surface area contributed by atoms with Crippen molar-refractivity contribution in [1.29, 1.82) is 0 Å². The second-order valence-electron chi connectivity index (χ2n) is 10.1. The molecule has 2 fully saturated rings. The van der Waals surface area contributed by atoms with Gasteiger partial charge in [-0.05, 0) is 38.6 Å². The molecule has 0 radical (unpaired) electrons. The molecular weight excluding hydrogens is 570 g/mol. The highest BCUT2D eigenvalue weighted by Gasteiger charge is 2.42. The van der Waals surface area contributed by atoms with E-state index < -0.39 is 24.6 Å². The van der Waals surface area contributed by atoms with Crippen molar-refractivity contribution in [3.05, 3.63) is 35.1 Å². The van der Waals surface area contributed by atoms with Gasteiger partial charge in [0, 0.05) is 42.2 Å². The molecule has 40 heavy (non-hydrogen) atoms. The van der Waals surface area contributed by atoms with Gasteiger partial charge in [0.1, 0.15) is 24.0 Å². The number of nitrogens with two attached hydrogens (primary N) is 1. The number of hydrogen-bond acceptors (Lipinski definition) is 9. The number of nitrogens with zero attached hydrogens (tertiary/aromatic N) is 5. The van der Waals surface area contributed by atoms with Crippen molar-refractivity contribution in [2.75, 3.05) is 50.5 Å². The zero-order chi connectivity index (χ0) is 28.2. The van der Waals surface area contributed by atoms with Gasteiger partial charge in [0.15, 0.2) is 10.9 Å². The van der Waals surface area contributed by atoms with Crippen LogP contribution in [0.5, 0.6) is 6.01 Å². The van der Waals surface area contributed by atoms with Gasteiger partial charge in [-0.25, -0.2) is 9.37 Å². The number of ether oxygens (including phenoxy) is 1. The van der Waals surface area contributed by atoms with Crippen LogP contribution in [0, 0.1) is 5.82 Å². The number of halogens is 5. The zero-order valence-electron chi connectivity index (χ0n) is 21.4. The zero-order valence-corrected chi connectivity index (χ0v) is 23.0. The van der Waals surface area contributed by atoms with Gasteiger partial charge >= 0.3 is 12.2 Å². The Morgan fingerprint density at radius 2 is 2.02 bits per heavy atom. The van der Waals surface area contributed by atoms with Crippen molar-refractivity contribution >= 4 is 55.0 Å². The molecule has 4 aromatic rings. The van der Waals surface area contributed by atoms with E-state index in [4.69, 9.17) is 22.1 Å². The van der Waals surface area contributed by atoms with Crippen LogP contribution in [0.25, 0.3) is 32.2 Å². The van der Waals surface area contributed by atoms with Crippen LogP contribution >= 0.6 is 22.9 Å². The lowest BCUT2D eigenvalue weighted by molar-refractivity contribution is -0.155. The van der Waals surface area contributed by atoms with E-state index in [1.54, 1.807) is 12.1 Å². The molecule has 2 atom stereocenters. The summed E-state index contributed by atoms with van der Waals surface area (Å²) in [5.74, 6) is -0.602. The summed E-state index contributed by atoms with van der Waals surface area (Å²) < 4.78 is 64.0. The summed E-state index contributed by atoms with van der Waals surface area (Å²) in [7, 11) is 1.99. The van der Waals surface area contributed by atoms with Crippen LogP contribution in [0.3, 0.4) is 0 Å². The van der Waals surface area contributed by atoms with E-state index in [-0.39, 0.29) is 59.1 Å². The Labute approximate surface area is 236 Å². The molecule has 2 aliphatic heterocycles. The number of alkyl halides is 3. The molecule has 0 saturated carbocycles. The number of rotatable bonds is 5. The minimum atomic E-state index is -4.46. The fraction of sp³-hybridized carbons (Fsp3) is 0.423. The number of likely N-dealkylation sites (N-methyl/N-ethyl adjacent to an activating group) is 1. The maximum atomic E-state index is 16.4. The van der Waals surface area contributed by atoms with Crippen LogP contribution in [0.4, 0.5) is 28.5 Å². The van der Waals surface area contributed by atoms with E-state index in [9.17, 15) is 13.2 Å². The van der Waals surface area contributed by atoms with Crippen LogP contribution in [-0.4, -0.2) is 77.9 Å². The molecule has 0 bridgehead atoms. The third-order valence-electron chi connectivity index (χ3n) is 7.49. The van der Waals surface area contributed by atoms with Crippen LogP contribution in [-0.2, 0) is 0 Å². The monoisotopic (exact) mass is 595 g/mol. The van der Waals surface area contributed by atoms with Crippen molar-refractivity contribution in [3.63, 3.8) is 0 Å². The lowest BCUT2D eigenvalue weighted by Crippen LogP contribution is -2.57. The Bertz CT molecular complexity index is 1580. The van der Waals surface area contributed by atoms with Crippen molar-refractivity contribution in [3.8, 4) is 17.1 Å². The smallest absolute Gasteiger partial charge is 0.405 e. The first-order valence-electron chi connectivity index (χ1n) is 12.8. The molecule has 2 aliphatic rings. The number of nitrogens with one attached hydrogen (secondary N) is 1. The van der Waals surface area contributed by atoms with Crippen molar-refractivity contribution < 1.29 is 22.3 Å². The van der Waals surface area contributed by atoms with E-state index in [1.807, 2.05) is 13.1 Å². The van der Waals surface area contributed by atoms with E-state index in [1.165, 1.54) is 22.3 Å². The van der Waals surface area contributed by atoms with Crippen molar-refractivity contribution in [1.82, 2.24) is 25.2 Å². The highest BCUT2D eigenvalue weighted by Crippen LogP contribution is 2.42. The Morgan fingerprint density at radius 3 is 2.77 bits per heavy atom. The summed E-state index contributed by atoms with van der Waals surface area (Å²) in [4.78, 5) is 16.9. The van der Waals surface area contributed by atoms with Gasteiger partial charge in [-0.2, -0.15) is 23.1 Å². The molecule has 212 valence electrons. The van der Waals surface area contributed by atoms with Gasteiger partial charge in [-0.3, -0.25) is 0 Å². The molecule has 14 heteroatoms. The third kappa shape index (κ3) is 5.00. The Morgan fingerprint density at radius 1 is 1.20 bits per heavy atom. The number of likely N-dealkylation sites (tertiary alicyclic amines) is 1. The maximum absolute atomic E-state index is 16.4. The van der Waals surface area contributed by atoms with Crippen LogP contribution in [0.2, 0.25) is 5.02 Å². The molecular formula is C26H26ClF4N7OS. The molecule has 2 aromatic carbocycles. The summed E-state index contributed by atoms with van der Waals surface area (Å²) in [6.45, 7) is 1.09. The van der Waals surface area contributed by atoms with Gasteiger partial charge < -0.3 is 25.6 Å². The molecule has 2 aromatic heterocycles. The summed E-state index contributed by atoms with van der Waals surface area (Å²) in [5, 5.41) is 3.08. The SMILES string of the molecule is CN1CCCC1COc1nc(N2CCNC(C(F)(F)F)C2)c2cc(Cl)c(-c3cccc4sc(N)nc34)c(F)c2n1. The number of thiazole rings is 1. The number of nitrogen functional groups attached to an aromatic ring is 1. The molecule has 4 heterocycles. The van der Waals surface area contributed by atoms with Crippen LogP contribution < -0.4 is 20.7 Å². The van der Waals surface area contributed by atoms with Gasteiger partial charge in [0.05, 0.1) is 15.2 Å². The molecule has 3 N–H and O–H groups in total. The van der Waals surface area contributed by atoms with E-state index in [2.05, 4.69) is 25.2 Å². The second-order valence-corrected chi connectivity index (χ2v) is 11.5. The topological polar surface area (TPSA) is 92.4 Å². The quantitative estimate of drug-likeness (QED) is 0.308. The molecule has 0 amide bonds. The summed E-state index contributed by atoms with van der Waals surface area (Å²) in [5.41, 5.74) is 6.82. The minimum absolute atomic E-state index is 0.0534. The number of hydrogen-bond donors (Lipinski definition) is 2. The second kappa shape index (κ2) is 10.4. The largest absolute Gasteiger partial charge is 0.462 e. The van der Waals surface area contributed by atoms with Gasteiger partial charge in [0.2, 0.25) is 0 Å². The Hall–Kier alpha value is -3.00. The fourth-order valence-electron chi connectivity index (χ4n) is 5.40. The summed E-state index contributed by atoms with van der Waals surface area (Å²) >= 11 is 7.93. The van der Waals surface area contributed by atoms with E-state index in [0.717, 1.165) is 24.1 Å². The third-order valence-corrected chi connectivity index (χ3v) is 8.64. The first-order valence-corrected chi connectivity index (χ1v) is 14.0. The summed E-state index contributed by atoms with van der Waals surface area (Å²) in [6.07, 6.45) is -2.51. The number of fused-ring (bicyclic) bond motifs is 2. The van der Waals surface area contributed by atoms with Gasteiger partial charge in [-0.1, -0.05) is 35.1 Å². The minimum Gasteiger partial charge on any atom is -0.462 e. The standard InChI is InChI=1S/C26H26ClF4N7OS/c1-37-8-3-4-13(37)12-39-25-35-22-15(23(36-25)38-9-7-33-18(11-38)26(29,30)31)10-16(27)19(20(22)28)14-5-2-6-17-21(14)34-24(32)40-17/h2,5-6,10,13,18,33H,3-4,7-9,11-12H2,1H3,(H2,32,34). The predicted octanol–water partition coefficient (Wildman–Crippen LogP) is 5.09. The Balaban J connectivity index is 1.49. The van der Waals surface area contributed by atoms with Gasteiger partial charge in [-0.15, -0.1) is 0 Å².